The molecule has 0 radical (unpaired) electrons. The van der Waals surface area contributed by atoms with Crippen LogP contribution in [0.1, 0.15) is 19.3 Å². The molecule has 0 saturated carbocycles. The summed E-state index contributed by atoms with van der Waals surface area (Å²) in [5.74, 6) is -0.0304. The van der Waals surface area contributed by atoms with Crippen LogP contribution in [0.2, 0.25) is 0 Å². The van der Waals surface area contributed by atoms with Crippen LogP contribution in [0.25, 0.3) is 16.6 Å². The summed E-state index contributed by atoms with van der Waals surface area (Å²) in [6, 6.07) is 9.11. The minimum atomic E-state index is -3.02. The molecule has 7 nitrogen and oxygen atoms in total. The van der Waals surface area contributed by atoms with Crippen LogP contribution in [0.4, 0.5) is 0 Å². The maximum absolute atomic E-state index is 12.9. The van der Waals surface area contributed by atoms with Gasteiger partial charge in [-0.1, -0.05) is 15.9 Å². The molecule has 1 aliphatic heterocycles. The number of sulfone groups is 1. The SMILES string of the molecule is O=C(CCCn1c(=O)c2cccn2c2ccc(Br)cc21)N[C@@H]1CCS(=O)(=O)C1. The van der Waals surface area contributed by atoms with Crippen molar-refractivity contribution in [2.45, 2.75) is 31.8 Å². The molecule has 1 fully saturated rings. The summed E-state index contributed by atoms with van der Waals surface area (Å²) in [7, 11) is -3.02. The molecule has 0 unspecified atom stereocenters. The number of halogens is 1. The van der Waals surface area contributed by atoms with E-state index in [0.29, 0.717) is 24.9 Å². The Morgan fingerprint density at radius 3 is 2.79 bits per heavy atom. The van der Waals surface area contributed by atoms with Gasteiger partial charge in [-0.25, -0.2) is 8.42 Å². The average Bonchev–Trinajstić information content (AvgIpc) is 3.24. The molecule has 28 heavy (non-hydrogen) atoms. The van der Waals surface area contributed by atoms with Crippen molar-refractivity contribution in [2.75, 3.05) is 11.5 Å². The lowest BCUT2D eigenvalue weighted by molar-refractivity contribution is -0.121. The van der Waals surface area contributed by atoms with E-state index in [4.69, 9.17) is 0 Å². The molecule has 0 aliphatic carbocycles. The van der Waals surface area contributed by atoms with Gasteiger partial charge >= 0.3 is 0 Å². The Bertz CT molecular complexity index is 1230. The van der Waals surface area contributed by atoms with E-state index >= 15 is 0 Å². The lowest BCUT2D eigenvalue weighted by Gasteiger charge is -2.14. The topological polar surface area (TPSA) is 89.7 Å². The van der Waals surface area contributed by atoms with Crippen molar-refractivity contribution >= 4 is 48.2 Å². The number of carbonyl (C=O) groups is 1. The van der Waals surface area contributed by atoms with Crippen LogP contribution in [0, 0.1) is 0 Å². The number of carbonyl (C=O) groups excluding carboxylic acids is 1. The van der Waals surface area contributed by atoms with E-state index in [1.165, 1.54) is 0 Å². The fourth-order valence-corrected chi connectivity index (χ4v) is 5.78. The highest BCUT2D eigenvalue weighted by atomic mass is 79.9. The van der Waals surface area contributed by atoms with Gasteiger partial charge in [-0.2, -0.15) is 0 Å². The number of benzene rings is 1. The normalized spacial score (nSPS) is 18.7. The first-order chi connectivity index (χ1) is 13.3. The van der Waals surface area contributed by atoms with Gasteiger partial charge < -0.3 is 14.3 Å². The van der Waals surface area contributed by atoms with Crippen LogP contribution in [0.15, 0.2) is 45.8 Å². The summed E-state index contributed by atoms with van der Waals surface area (Å²) in [6.45, 7) is 0.407. The molecule has 3 heterocycles. The number of aromatic nitrogens is 2. The largest absolute Gasteiger partial charge is 0.352 e. The van der Waals surface area contributed by atoms with Crippen molar-refractivity contribution in [1.82, 2.24) is 14.3 Å². The number of aryl methyl sites for hydroxylation is 1. The Morgan fingerprint density at radius 1 is 1.21 bits per heavy atom. The monoisotopic (exact) mass is 465 g/mol. The van der Waals surface area contributed by atoms with Gasteiger partial charge in [0.1, 0.15) is 5.52 Å². The zero-order valence-corrected chi connectivity index (χ0v) is 17.5. The molecule has 1 atom stereocenters. The molecular weight excluding hydrogens is 446 g/mol. The van der Waals surface area contributed by atoms with Crippen LogP contribution in [-0.4, -0.2) is 40.8 Å². The molecule has 3 aromatic rings. The summed E-state index contributed by atoms with van der Waals surface area (Å²) < 4.78 is 27.4. The summed E-state index contributed by atoms with van der Waals surface area (Å²) in [5, 5.41) is 2.79. The lowest BCUT2D eigenvalue weighted by atomic mass is 10.2. The fourth-order valence-electron chi connectivity index (χ4n) is 3.76. The number of nitrogens with one attached hydrogen (secondary N) is 1. The minimum absolute atomic E-state index is 0.0156. The summed E-state index contributed by atoms with van der Waals surface area (Å²) >= 11 is 3.46. The Balaban J connectivity index is 1.51. The van der Waals surface area contributed by atoms with E-state index in [9.17, 15) is 18.0 Å². The number of amides is 1. The summed E-state index contributed by atoms with van der Waals surface area (Å²) in [6.07, 6.45) is 3.06. The number of rotatable bonds is 5. The van der Waals surface area contributed by atoms with E-state index in [-0.39, 0.29) is 35.4 Å². The van der Waals surface area contributed by atoms with Crippen LogP contribution < -0.4 is 10.9 Å². The van der Waals surface area contributed by atoms with Crippen LogP contribution in [0.5, 0.6) is 0 Å². The van der Waals surface area contributed by atoms with E-state index < -0.39 is 9.84 Å². The first-order valence-electron chi connectivity index (χ1n) is 9.13. The van der Waals surface area contributed by atoms with E-state index in [1.54, 1.807) is 10.6 Å². The molecule has 1 saturated heterocycles. The van der Waals surface area contributed by atoms with Gasteiger partial charge in [0.05, 0.1) is 22.5 Å². The lowest BCUT2D eigenvalue weighted by Crippen LogP contribution is -2.35. The Kier molecular flexibility index (Phi) is 5.05. The third-order valence-corrected chi connectivity index (χ3v) is 7.35. The molecule has 1 aliphatic rings. The van der Waals surface area contributed by atoms with Crippen molar-refractivity contribution in [2.24, 2.45) is 0 Å². The summed E-state index contributed by atoms with van der Waals surface area (Å²) in [4.78, 5) is 25.1. The second-order valence-corrected chi connectivity index (χ2v) is 10.3. The quantitative estimate of drug-likeness (QED) is 0.624. The Labute approximate surface area is 170 Å². The van der Waals surface area contributed by atoms with Crippen molar-refractivity contribution < 1.29 is 13.2 Å². The second kappa shape index (κ2) is 7.36. The molecule has 0 bridgehead atoms. The molecule has 148 valence electrons. The third kappa shape index (κ3) is 3.73. The van der Waals surface area contributed by atoms with Crippen molar-refractivity contribution in [3.8, 4) is 0 Å². The number of nitrogens with zero attached hydrogens (tertiary/aromatic N) is 2. The van der Waals surface area contributed by atoms with Crippen molar-refractivity contribution in [3.63, 3.8) is 0 Å². The van der Waals surface area contributed by atoms with Crippen molar-refractivity contribution in [3.05, 3.63) is 51.4 Å². The van der Waals surface area contributed by atoms with Gasteiger partial charge in [0.2, 0.25) is 5.91 Å². The van der Waals surface area contributed by atoms with Gasteiger partial charge in [-0.05, 0) is 43.2 Å². The van der Waals surface area contributed by atoms with Gasteiger partial charge in [0.25, 0.3) is 5.56 Å². The predicted molar refractivity (Wildman–Crippen MR) is 111 cm³/mol. The highest BCUT2D eigenvalue weighted by molar-refractivity contribution is 9.10. The second-order valence-electron chi connectivity index (χ2n) is 7.12. The molecule has 9 heteroatoms. The van der Waals surface area contributed by atoms with Gasteiger partial charge in [0.15, 0.2) is 9.84 Å². The minimum Gasteiger partial charge on any atom is -0.352 e. The zero-order chi connectivity index (χ0) is 19.9. The third-order valence-electron chi connectivity index (χ3n) is 5.08. The van der Waals surface area contributed by atoms with E-state index in [1.807, 2.05) is 34.9 Å². The summed E-state index contributed by atoms with van der Waals surface area (Å²) in [5.41, 5.74) is 2.21. The fraction of sp³-hybridized carbons (Fsp3) is 0.368. The van der Waals surface area contributed by atoms with Crippen LogP contribution >= 0.6 is 15.9 Å². The molecule has 1 amide bonds. The standard InChI is InChI=1S/C19H20BrN3O4S/c20-13-5-6-15-17(11-13)23(19(25)16-3-1-8-22(15)16)9-2-4-18(24)21-14-7-10-28(26,27)12-14/h1,3,5-6,8,11,14H,2,4,7,9-10,12H2,(H,21,24)/t14-/m1/s1. The highest BCUT2D eigenvalue weighted by Gasteiger charge is 2.28. The molecular formula is C19H20BrN3O4S. The molecule has 0 spiro atoms. The zero-order valence-electron chi connectivity index (χ0n) is 15.1. The Morgan fingerprint density at radius 2 is 2.04 bits per heavy atom. The Hall–Kier alpha value is -2.13. The van der Waals surface area contributed by atoms with E-state index in [2.05, 4.69) is 21.2 Å². The molecule has 2 aromatic heterocycles. The first kappa shape index (κ1) is 19.2. The average molecular weight is 466 g/mol. The molecule has 1 aromatic carbocycles. The predicted octanol–water partition coefficient (Wildman–Crippen LogP) is 2.10. The highest BCUT2D eigenvalue weighted by Crippen LogP contribution is 2.21. The molecule has 4 rings (SSSR count). The van der Waals surface area contributed by atoms with Crippen LogP contribution in [-0.2, 0) is 21.2 Å². The number of hydrogen-bond donors (Lipinski definition) is 1. The smallest absolute Gasteiger partial charge is 0.275 e. The maximum atomic E-state index is 12.9. The van der Waals surface area contributed by atoms with E-state index in [0.717, 1.165) is 15.5 Å². The first-order valence-corrected chi connectivity index (χ1v) is 11.7. The number of hydrogen-bond acceptors (Lipinski definition) is 4. The van der Waals surface area contributed by atoms with Gasteiger partial charge in [-0.15, -0.1) is 0 Å². The molecule has 1 N–H and O–H groups in total. The van der Waals surface area contributed by atoms with Crippen LogP contribution in [0.3, 0.4) is 0 Å². The van der Waals surface area contributed by atoms with Gasteiger partial charge in [0, 0.05) is 29.7 Å². The maximum Gasteiger partial charge on any atom is 0.275 e. The van der Waals surface area contributed by atoms with Gasteiger partial charge in [-0.3, -0.25) is 9.59 Å². The van der Waals surface area contributed by atoms with Crippen molar-refractivity contribution in [1.29, 1.82) is 0 Å². The number of fused-ring (bicyclic) bond motifs is 3.